The first-order valence-electron chi connectivity index (χ1n) is 8.92. The van der Waals surface area contributed by atoms with E-state index < -0.39 is 8.32 Å². The highest BCUT2D eigenvalue weighted by Crippen LogP contribution is 2.51. The van der Waals surface area contributed by atoms with Gasteiger partial charge in [0, 0.05) is 17.8 Å². The first-order valence-corrected chi connectivity index (χ1v) is 11.8. The van der Waals surface area contributed by atoms with E-state index >= 15 is 0 Å². The van der Waals surface area contributed by atoms with Gasteiger partial charge in [0.1, 0.15) is 6.10 Å². The van der Waals surface area contributed by atoms with Gasteiger partial charge >= 0.3 is 0 Å². The molecule has 0 aromatic heterocycles. The molecule has 3 rings (SSSR count). The zero-order chi connectivity index (χ0) is 17.9. The predicted octanol–water partition coefficient (Wildman–Crippen LogP) is 4.10. The van der Waals surface area contributed by atoms with Gasteiger partial charge in [0.05, 0.1) is 13.2 Å². The summed E-state index contributed by atoms with van der Waals surface area (Å²) < 4.78 is 24.9. The van der Waals surface area contributed by atoms with Crippen LogP contribution in [0.25, 0.3) is 0 Å². The second-order valence-corrected chi connectivity index (χ2v) is 13.8. The maximum Gasteiger partial charge on any atom is 0.195 e. The van der Waals surface area contributed by atoms with E-state index in [-0.39, 0.29) is 35.6 Å². The Morgan fingerprint density at radius 1 is 1.25 bits per heavy atom. The zero-order valence-corrected chi connectivity index (χ0v) is 16.9. The summed E-state index contributed by atoms with van der Waals surface area (Å²) in [6, 6.07) is 0. The second kappa shape index (κ2) is 6.06. The lowest BCUT2D eigenvalue weighted by atomic mass is 9.74. The summed E-state index contributed by atoms with van der Waals surface area (Å²) in [4.78, 5) is 0. The molecule has 0 aliphatic carbocycles. The van der Waals surface area contributed by atoms with Crippen LogP contribution in [-0.2, 0) is 18.6 Å². The topological polar surface area (TPSA) is 36.9 Å². The molecule has 0 aromatic rings. The smallest absolute Gasteiger partial charge is 0.195 e. The Labute approximate surface area is 147 Å². The summed E-state index contributed by atoms with van der Waals surface area (Å²) in [5.74, 6) is 0.763. The third-order valence-corrected chi connectivity index (χ3v) is 10.7. The van der Waals surface area contributed by atoms with Gasteiger partial charge in [0.25, 0.3) is 0 Å². The minimum absolute atomic E-state index is 0.0866. The van der Waals surface area contributed by atoms with Crippen molar-refractivity contribution in [3.63, 3.8) is 0 Å². The minimum Gasteiger partial charge on any atom is -0.390 e. The summed E-state index contributed by atoms with van der Waals surface area (Å²) in [6.45, 7) is 22.9. The molecule has 3 saturated heterocycles. The standard InChI is InChI=1S/C19H32O4Si/c1-11(2)13-10-21-17-15(13)14-12(3)9-20-16(14)18(22-17)23-24(7,8)19(4,5)6/h13-18H,1,3,9-10H2,2,4-8H3/t13?,14-,15+,16-,17-,18+/m0/s1. The SMILES string of the molecule is C=C(C)C1CO[C@H]2O[C@H](O[Si](C)(C)C(C)(C)C)[C@H]3OCC(=C)[C@H]3[C@@H]12. The molecule has 0 N–H and O–H groups in total. The van der Waals surface area contributed by atoms with E-state index in [1.807, 2.05) is 0 Å². The number of rotatable bonds is 3. The van der Waals surface area contributed by atoms with E-state index in [2.05, 4.69) is 53.9 Å². The molecule has 0 amide bonds. The summed E-state index contributed by atoms with van der Waals surface area (Å²) in [7, 11) is -1.96. The van der Waals surface area contributed by atoms with Crippen LogP contribution in [0.1, 0.15) is 27.7 Å². The molecule has 136 valence electrons. The van der Waals surface area contributed by atoms with E-state index in [9.17, 15) is 0 Å². The normalized spacial score (nSPS) is 39.7. The Morgan fingerprint density at radius 3 is 2.50 bits per heavy atom. The third-order valence-electron chi connectivity index (χ3n) is 6.31. The summed E-state index contributed by atoms with van der Waals surface area (Å²) in [5, 5.41) is 0.120. The second-order valence-electron chi connectivity index (χ2n) is 9.07. The Morgan fingerprint density at radius 2 is 1.92 bits per heavy atom. The highest BCUT2D eigenvalue weighted by Gasteiger charge is 2.58. The van der Waals surface area contributed by atoms with Gasteiger partial charge in [-0.3, -0.25) is 0 Å². The molecule has 0 bridgehead atoms. The lowest BCUT2D eigenvalue weighted by Gasteiger charge is -2.46. The summed E-state index contributed by atoms with van der Waals surface area (Å²) >= 11 is 0. The first-order chi connectivity index (χ1) is 11.0. The van der Waals surface area contributed by atoms with Gasteiger partial charge in [-0.1, -0.05) is 39.5 Å². The molecular weight excluding hydrogens is 320 g/mol. The fraction of sp³-hybridized carbons (Fsp3) is 0.789. The predicted molar refractivity (Wildman–Crippen MR) is 97.1 cm³/mol. The van der Waals surface area contributed by atoms with Crippen molar-refractivity contribution in [2.75, 3.05) is 13.2 Å². The van der Waals surface area contributed by atoms with Gasteiger partial charge < -0.3 is 18.6 Å². The summed E-state index contributed by atoms with van der Waals surface area (Å²) in [6.07, 6.45) is -0.710. The van der Waals surface area contributed by atoms with Crippen molar-refractivity contribution in [2.24, 2.45) is 17.8 Å². The molecule has 6 atom stereocenters. The van der Waals surface area contributed by atoms with Gasteiger partial charge in [-0.2, -0.15) is 0 Å². The third kappa shape index (κ3) is 2.95. The highest BCUT2D eigenvalue weighted by molar-refractivity contribution is 6.74. The Kier molecular flexibility index (Phi) is 4.63. The molecular formula is C19H32O4Si. The lowest BCUT2D eigenvalue weighted by molar-refractivity contribution is -0.285. The van der Waals surface area contributed by atoms with E-state index in [0.29, 0.717) is 19.1 Å². The molecule has 0 spiro atoms. The lowest BCUT2D eigenvalue weighted by Crippen LogP contribution is -2.55. The molecule has 0 saturated carbocycles. The first kappa shape index (κ1) is 18.3. The number of ether oxygens (including phenoxy) is 3. The van der Waals surface area contributed by atoms with Crippen molar-refractivity contribution in [2.45, 2.75) is 64.5 Å². The number of hydrogen-bond acceptors (Lipinski definition) is 4. The Hall–Kier alpha value is -0.463. The van der Waals surface area contributed by atoms with Gasteiger partial charge in [-0.05, 0) is 30.6 Å². The number of fused-ring (bicyclic) bond motifs is 3. The van der Waals surface area contributed by atoms with Gasteiger partial charge in [-0.25, -0.2) is 0 Å². The van der Waals surface area contributed by atoms with Crippen molar-refractivity contribution in [3.8, 4) is 0 Å². The van der Waals surface area contributed by atoms with Crippen LogP contribution in [0.3, 0.4) is 0 Å². The van der Waals surface area contributed by atoms with Crippen LogP contribution >= 0.6 is 0 Å². The van der Waals surface area contributed by atoms with Gasteiger partial charge in [-0.15, -0.1) is 0 Å². The molecule has 3 aliphatic heterocycles. The van der Waals surface area contributed by atoms with E-state index in [0.717, 1.165) is 11.1 Å². The summed E-state index contributed by atoms with van der Waals surface area (Å²) in [5.41, 5.74) is 2.28. The van der Waals surface area contributed by atoms with Crippen molar-refractivity contribution in [3.05, 3.63) is 24.3 Å². The maximum atomic E-state index is 6.56. The Balaban J connectivity index is 1.86. The molecule has 0 radical (unpaired) electrons. The Bertz CT molecular complexity index is 536. The molecule has 5 heteroatoms. The highest BCUT2D eigenvalue weighted by atomic mass is 28.4. The molecule has 24 heavy (non-hydrogen) atoms. The number of hydrogen-bond donors (Lipinski definition) is 0. The van der Waals surface area contributed by atoms with Crippen LogP contribution in [-0.4, -0.2) is 40.2 Å². The van der Waals surface area contributed by atoms with Crippen LogP contribution < -0.4 is 0 Å². The molecule has 1 unspecified atom stereocenters. The van der Waals surface area contributed by atoms with Crippen molar-refractivity contribution < 1.29 is 18.6 Å². The molecule has 4 nitrogen and oxygen atoms in total. The van der Waals surface area contributed by atoms with Crippen molar-refractivity contribution in [1.82, 2.24) is 0 Å². The van der Waals surface area contributed by atoms with E-state index in [4.69, 9.17) is 18.6 Å². The zero-order valence-electron chi connectivity index (χ0n) is 15.9. The van der Waals surface area contributed by atoms with Crippen LogP contribution in [0.4, 0.5) is 0 Å². The van der Waals surface area contributed by atoms with Gasteiger partial charge in [0.15, 0.2) is 20.9 Å². The average Bonchev–Trinajstić information content (AvgIpc) is 3.01. The van der Waals surface area contributed by atoms with Crippen LogP contribution in [0.2, 0.25) is 18.1 Å². The minimum atomic E-state index is -1.96. The molecule has 0 aromatic carbocycles. The van der Waals surface area contributed by atoms with Crippen molar-refractivity contribution >= 4 is 8.32 Å². The molecule has 3 fully saturated rings. The molecule has 3 heterocycles. The fourth-order valence-corrected chi connectivity index (χ4v) is 4.90. The van der Waals surface area contributed by atoms with E-state index in [1.54, 1.807) is 0 Å². The van der Waals surface area contributed by atoms with Crippen LogP contribution in [0, 0.1) is 17.8 Å². The molecule has 3 aliphatic rings. The van der Waals surface area contributed by atoms with Crippen LogP contribution in [0.15, 0.2) is 24.3 Å². The van der Waals surface area contributed by atoms with Crippen molar-refractivity contribution in [1.29, 1.82) is 0 Å². The monoisotopic (exact) mass is 352 g/mol. The largest absolute Gasteiger partial charge is 0.390 e. The average molecular weight is 353 g/mol. The van der Waals surface area contributed by atoms with Crippen LogP contribution in [0.5, 0.6) is 0 Å². The van der Waals surface area contributed by atoms with Gasteiger partial charge in [0.2, 0.25) is 0 Å². The van der Waals surface area contributed by atoms with E-state index in [1.165, 1.54) is 0 Å². The quantitative estimate of drug-likeness (QED) is 0.566. The fourth-order valence-electron chi connectivity index (χ4n) is 3.78. The maximum absolute atomic E-state index is 6.56.